The molecule has 0 unspecified atom stereocenters. The molecule has 202 valence electrons. The van der Waals surface area contributed by atoms with Gasteiger partial charge in [-0.05, 0) is 86.3 Å². The molecule has 0 atom stereocenters. The maximum absolute atomic E-state index is 13.5. The van der Waals surface area contributed by atoms with Gasteiger partial charge in [0, 0.05) is 61.2 Å². The van der Waals surface area contributed by atoms with Crippen LogP contribution in [-0.2, 0) is 28.1 Å². The molecule has 0 saturated carbocycles. The molecular formula is C33H36FN3O2. The van der Waals surface area contributed by atoms with E-state index < -0.39 is 5.79 Å². The number of hydrogen-bond donors (Lipinski definition) is 0. The number of ether oxygens (including phenoxy) is 2. The van der Waals surface area contributed by atoms with E-state index in [-0.39, 0.29) is 5.82 Å². The van der Waals surface area contributed by atoms with Gasteiger partial charge in [0.25, 0.3) is 0 Å². The van der Waals surface area contributed by atoms with E-state index in [1.165, 1.54) is 51.0 Å². The van der Waals surface area contributed by atoms with Crippen molar-refractivity contribution in [2.45, 2.75) is 45.3 Å². The van der Waals surface area contributed by atoms with Crippen LogP contribution in [0.2, 0.25) is 0 Å². The summed E-state index contributed by atoms with van der Waals surface area (Å²) in [5, 5.41) is 1.37. The molecule has 4 heterocycles. The number of hydrogen-bond acceptors (Lipinski definition) is 4. The van der Waals surface area contributed by atoms with E-state index in [1.807, 2.05) is 12.4 Å². The van der Waals surface area contributed by atoms with Crippen molar-refractivity contribution in [2.24, 2.45) is 0 Å². The van der Waals surface area contributed by atoms with Gasteiger partial charge in [0.05, 0.1) is 18.7 Å². The molecule has 2 aliphatic heterocycles. The summed E-state index contributed by atoms with van der Waals surface area (Å²) in [6.07, 6.45) is 9.73. The minimum absolute atomic E-state index is 0.242. The SMILES string of the molecule is C/C(=C\n1c2c(c3cc(C)ccc31)CCN(CCCC1(c3ccc(F)cc3)OCCO1)CC2)c1ccncc1. The zero-order chi connectivity index (χ0) is 26.8. The Morgan fingerprint density at radius 3 is 2.51 bits per heavy atom. The van der Waals surface area contributed by atoms with Gasteiger partial charge in [0.2, 0.25) is 0 Å². The molecule has 0 radical (unpaired) electrons. The first kappa shape index (κ1) is 25.9. The molecule has 1 fully saturated rings. The van der Waals surface area contributed by atoms with E-state index in [1.54, 1.807) is 12.1 Å². The van der Waals surface area contributed by atoms with Crippen molar-refractivity contribution in [2.75, 3.05) is 32.8 Å². The Bertz CT molecular complexity index is 1470. The van der Waals surface area contributed by atoms with Crippen LogP contribution >= 0.6 is 0 Å². The van der Waals surface area contributed by atoms with Crippen LogP contribution in [0.4, 0.5) is 4.39 Å². The van der Waals surface area contributed by atoms with Gasteiger partial charge in [-0.25, -0.2) is 4.39 Å². The van der Waals surface area contributed by atoms with E-state index in [0.717, 1.165) is 50.9 Å². The average Bonchev–Trinajstić information content (AvgIpc) is 3.47. The fourth-order valence-corrected chi connectivity index (χ4v) is 6.15. The zero-order valence-corrected chi connectivity index (χ0v) is 22.8. The Labute approximate surface area is 229 Å². The van der Waals surface area contributed by atoms with Crippen molar-refractivity contribution >= 4 is 22.7 Å². The summed E-state index contributed by atoms with van der Waals surface area (Å²) in [6, 6.07) is 17.5. The molecule has 2 aromatic heterocycles. The van der Waals surface area contributed by atoms with Gasteiger partial charge in [0.15, 0.2) is 5.79 Å². The third-order valence-electron chi connectivity index (χ3n) is 8.20. The van der Waals surface area contributed by atoms with Crippen LogP contribution < -0.4 is 0 Å². The second-order valence-electron chi connectivity index (χ2n) is 10.8. The van der Waals surface area contributed by atoms with E-state index in [2.05, 4.69) is 64.8 Å². The van der Waals surface area contributed by atoms with Crippen LogP contribution in [-0.4, -0.2) is 47.3 Å². The lowest BCUT2D eigenvalue weighted by molar-refractivity contribution is -0.172. The topological polar surface area (TPSA) is 39.5 Å². The van der Waals surface area contributed by atoms with E-state index in [4.69, 9.17) is 9.47 Å². The largest absolute Gasteiger partial charge is 0.343 e. The molecule has 6 rings (SSSR count). The van der Waals surface area contributed by atoms with Crippen molar-refractivity contribution < 1.29 is 13.9 Å². The molecule has 2 aromatic carbocycles. The molecule has 0 bridgehead atoms. The first-order valence-corrected chi connectivity index (χ1v) is 14.0. The van der Waals surface area contributed by atoms with Crippen LogP contribution in [0.1, 0.15) is 47.7 Å². The maximum atomic E-state index is 13.5. The van der Waals surface area contributed by atoms with E-state index >= 15 is 0 Å². The van der Waals surface area contributed by atoms with Crippen LogP contribution in [0.15, 0.2) is 67.0 Å². The van der Waals surface area contributed by atoms with Gasteiger partial charge in [-0.15, -0.1) is 0 Å². The van der Waals surface area contributed by atoms with E-state index in [0.29, 0.717) is 13.2 Å². The maximum Gasteiger partial charge on any atom is 0.195 e. The standard InChI is InChI=1S/C33H36FN3O2/c1-24-4-9-31-30(22-24)29-12-18-36(19-13-32(29)37(31)23-25(2)26-10-15-35-16-11-26)17-3-14-33(38-20-21-39-33)27-5-7-28(34)8-6-27/h4-11,15-16,22-23H,3,12-14,17-21H2,1-2H3/b25-23+. The molecule has 0 aliphatic carbocycles. The lowest BCUT2D eigenvalue weighted by Gasteiger charge is -2.29. The Hall–Kier alpha value is -3.32. The number of halogens is 1. The predicted octanol–water partition coefficient (Wildman–Crippen LogP) is 6.58. The van der Waals surface area contributed by atoms with Gasteiger partial charge >= 0.3 is 0 Å². The molecule has 0 spiro atoms. The Balaban J connectivity index is 1.20. The molecule has 0 amide bonds. The van der Waals surface area contributed by atoms with Crippen LogP contribution in [0.5, 0.6) is 0 Å². The summed E-state index contributed by atoms with van der Waals surface area (Å²) < 4.78 is 28.1. The zero-order valence-electron chi connectivity index (χ0n) is 22.8. The van der Waals surface area contributed by atoms with Crippen LogP contribution in [0, 0.1) is 12.7 Å². The number of aryl methyl sites for hydroxylation is 1. The second-order valence-corrected chi connectivity index (χ2v) is 10.8. The quantitative estimate of drug-likeness (QED) is 0.273. The monoisotopic (exact) mass is 525 g/mol. The average molecular weight is 526 g/mol. The van der Waals surface area contributed by atoms with Crippen molar-refractivity contribution in [3.8, 4) is 0 Å². The van der Waals surface area contributed by atoms with Crippen molar-refractivity contribution in [1.29, 1.82) is 0 Å². The first-order valence-electron chi connectivity index (χ1n) is 14.0. The highest BCUT2D eigenvalue weighted by molar-refractivity contribution is 5.90. The second kappa shape index (κ2) is 11.0. The van der Waals surface area contributed by atoms with Crippen molar-refractivity contribution in [1.82, 2.24) is 14.5 Å². The number of rotatable bonds is 7. The van der Waals surface area contributed by atoms with Gasteiger partial charge in [-0.3, -0.25) is 4.98 Å². The lowest BCUT2D eigenvalue weighted by atomic mass is 10.00. The van der Waals surface area contributed by atoms with Crippen LogP contribution in [0.3, 0.4) is 0 Å². The molecule has 6 heteroatoms. The number of pyridine rings is 1. The lowest BCUT2D eigenvalue weighted by Crippen LogP contribution is -2.32. The minimum Gasteiger partial charge on any atom is -0.343 e. The van der Waals surface area contributed by atoms with Gasteiger partial charge < -0.3 is 18.9 Å². The highest BCUT2D eigenvalue weighted by Crippen LogP contribution is 2.37. The normalized spacial score (nSPS) is 17.9. The molecule has 4 aromatic rings. The minimum atomic E-state index is -0.762. The fourth-order valence-electron chi connectivity index (χ4n) is 6.15. The van der Waals surface area contributed by atoms with Gasteiger partial charge in [-0.1, -0.05) is 23.8 Å². The molecule has 39 heavy (non-hydrogen) atoms. The van der Waals surface area contributed by atoms with Crippen LogP contribution in [0.25, 0.3) is 22.7 Å². The molecule has 0 N–H and O–H groups in total. The Morgan fingerprint density at radius 1 is 1.00 bits per heavy atom. The van der Waals surface area contributed by atoms with E-state index in [9.17, 15) is 4.39 Å². The summed E-state index contributed by atoms with van der Waals surface area (Å²) in [4.78, 5) is 6.75. The fraction of sp³-hybridized carbons (Fsp3) is 0.364. The predicted molar refractivity (Wildman–Crippen MR) is 154 cm³/mol. The molecule has 1 saturated heterocycles. The first-order chi connectivity index (χ1) is 19.0. The number of nitrogens with zero attached hydrogens (tertiary/aromatic N) is 3. The van der Waals surface area contributed by atoms with Gasteiger partial charge in [0.1, 0.15) is 5.82 Å². The molecule has 2 aliphatic rings. The van der Waals surface area contributed by atoms with Crippen molar-refractivity contribution in [3.63, 3.8) is 0 Å². The smallest absolute Gasteiger partial charge is 0.195 e. The third kappa shape index (κ3) is 5.29. The Morgan fingerprint density at radius 2 is 1.74 bits per heavy atom. The van der Waals surface area contributed by atoms with Crippen molar-refractivity contribution in [3.05, 3.63) is 101 Å². The third-order valence-corrected chi connectivity index (χ3v) is 8.20. The summed E-state index contributed by atoms with van der Waals surface area (Å²) >= 11 is 0. The van der Waals surface area contributed by atoms with Gasteiger partial charge in [-0.2, -0.15) is 0 Å². The number of benzene rings is 2. The highest BCUT2D eigenvalue weighted by Gasteiger charge is 2.38. The Kier molecular flexibility index (Phi) is 7.34. The molecular weight excluding hydrogens is 489 g/mol. The number of aromatic nitrogens is 2. The molecule has 5 nitrogen and oxygen atoms in total. The summed E-state index contributed by atoms with van der Waals surface area (Å²) in [7, 11) is 0. The highest BCUT2D eigenvalue weighted by atomic mass is 19.1. The summed E-state index contributed by atoms with van der Waals surface area (Å²) in [6.45, 7) is 8.50. The summed E-state index contributed by atoms with van der Waals surface area (Å²) in [5.41, 5.74) is 8.77. The summed E-state index contributed by atoms with van der Waals surface area (Å²) in [5.74, 6) is -1.00. The number of fused-ring (bicyclic) bond motifs is 3. The number of allylic oxidation sites excluding steroid dienone is 1.